The summed E-state index contributed by atoms with van der Waals surface area (Å²) in [7, 11) is 1.59. The number of hydrogen-bond donors (Lipinski definition) is 1. The molecule has 8 heteroatoms. The molecule has 2 aromatic carbocycles. The minimum atomic E-state index is -0.442. The van der Waals surface area contributed by atoms with Gasteiger partial charge in [0.25, 0.3) is 0 Å². The second-order valence-electron chi connectivity index (χ2n) is 7.38. The van der Waals surface area contributed by atoms with Gasteiger partial charge in [-0.3, -0.25) is 9.59 Å². The summed E-state index contributed by atoms with van der Waals surface area (Å²) in [5.74, 6) is 0.540. The van der Waals surface area contributed by atoms with Crippen LogP contribution in [0.25, 0.3) is 0 Å². The molecule has 31 heavy (non-hydrogen) atoms. The van der Waals surface area contributed by atoms with Crippen molar-refractivity contribution in [2.75, 3.05) is 26.8 Å². The van der Waals surface area contributed by atoms with Gasteiger partial charge in [-0.25, -0.2) is 4.39 Å². The van der Waals surface area contributed by atoms with E-state index in [0.717, 1.165) is 5.56 Å². The Kier molecular flexibility index (Phi) is 8.12. The Morgan fingerprint density at radius 1 is 1.16 bits per heavy atom. The molecule has 2 amide bonds. The topological polar surface area (TPSA) is 67.9 Å². The molecule has 166 valence electrons. The number of methoxy groups -OCH3 is 1. The van der Waals surface area contributed by atoms with Crippen molar-refractivity contribution in [2.24, 2.45) is 0 Å². The fourth-order valence-corrected chi connectivity index (χ4v) is 3.76. The molecule has 0 saturated carbocycles. The molecule has 1 saturated heterocycles. The molecule has 3 rings (SSSR count). The third kappa shape index (κ3) is 6.59. The van der Waals surface area contributed by atoms with E-state index in [-0.39, 0.29) is 35.9 Å². The van der Waals surface area contributed by atoms with E-state index in [9.17, 15) is 14.0 Å². The highest BCUT2D eigenvalue weighted by Crippen LogP contribution is 2.25. The van der Waals surface area contributed by atoms with Gasteiger partial charge in [0.15, 0.2) is 0 Å². The second-order valence-corrected chi connectivity index (χ2v) is 7.79. The average molecular weight is 449 g/mol. The number of amides is 2. The Balaban J connectivity index is 1.38. The zero-order valence-corrected chi connectivity index (χ0v) is 18.2. The van der Waals surface area contributed by atoms with Crippen LogP contribution in [-0.4, -0.2) is 49.6 Å². The van der Waals surface area contributed by atoms with Crippen molar-refractivity contribution in [3.05, 3.63) is 58.9 Å². The van der Waals surface area contributed by atoms with Crippen molar-refractivity contribution in [2.45, 2.75) is 31.7 Å². The number of rotatable bonds is 8. The van der Waals surface area contributed by atoms with Crippen LogP contribution in [0.4, 0.5) is 4.39 Å². The smallest absolute Gasteiger partial charge is 0.227 e. The molecule has 1 heterocycles. The molecule has 1 N–H and O–H groups in total. The minimum absolute atomic E-state index is 0.0252. The first-order valence-electron chi connectivity index (χ1n) is 10.2. The number of nitrogens with one attached hydrogen (secondary N) is 1. The zero-order valence-electron chi connectivity index (χ0n) is 17.4. The van der Waals surface area contributed by atoms with Crippen molar-refractivity contribution >= 4 is 23.4 Å². The number of hydrogen-bond acceptors (Lipinski definition) is 4. The Labute approximate surface area is 186 Å². The van der Waals surface area contributed by atoms with Gasteiger partial charge in [-0.05, 0) is 37.1 Å². The standard InChI is InChI=1S/C23H26ClFN2O4/c1-30-20-5-3-2-4-16(20)14-23(29)27-11-8-18(9-12-27)26-22(28)10-13-31-21-7-6-17(25)15-19(21)24/h2-7,15,18H,8-14H2,1H3,(H,26,28). The number of likely N-dealkylation sites (tertiary alicyclic amines) is 1. The van der Waals surface area contributed by atoms with Crippen LogP contribution in [0.1, 0.15) is 24.8 Å². The molecule has 0 atom stereocenters. The molecular formula is C23H26ClFN2O4. The summed E-state index contributed by atoms with van der Waals surface area (Å²) >= 11 is 5.90. The van der Waals surface area contributed by atoms with Crippen molar-refractivity contribution in [1.82, 2.24) is 10.2 Å². The molecule has 0 aliphatic carbocycles. The maximum atomic E-state index is 13.0. The monoisotopic (exact) mass is 448 g/mol. The van der Waals surface area contributed by atoms with Crippen LogP contribution in [0.15, 0.2) is 42.5 Å². The van der Waals surface area contributed by atoms with Crippen LogP contribution in [0.3, 0.4) is 0 Å². The summed E-state index contributed by atoms with van der Waals surface area (Å²) in [6, 6.07) is 11.4. The number of ether oxygens (including phenoxy) is 2. The highest BCUT2D eigenvalue weighted by molar-refractivity contribution is 6.32. The van der Waals surface area contributed by atoms with Gasteiger partial charge >= 0.3 is 0 Å². The van der Waals surface area contributed by atoms with Gasteiger partial charge in [-0.15, -0.1) is 0 Å². The predicted octanol–water partition coefficient (Wildman–Crippen LogP) is 3.61. The molecule has 0 spiro atoms. The van der Waals surface area contributed by atoms with Gasteiger partial charge < -0.3 is 19.7 Å². The average Bonchev–Trinajstić information content (AvgIpc) is 2.76. The lowest BCUT2D eigenvalue weighted by atomic mass is 10.0. The van der Waals surface area contributed by atoms with E-state index in [1.54, 1.807) is 7.11 Å². The molecule has 0 unspecified atom stereocenters. The molecule has 2 aromatic rings. The molecule has 0 radical (unpaired) electrons. The fraction of sp³-hybridized carbons (Fsp3) is 0.391. The highest BCUT2D eigenvalue weighted by Gasteiger charge is 2.24. The summed E-state index contributed by atoms with van der Waals surface area (Å²) in [4.78, 5) is 26.6. The van der Waals surface area contributed by atoms with E-state index in [1.807, 2.05) is 29.2 Å². The van der Waals surface area contributed by atoms with E-state index in [0.29, 0.717) is 43.9 Å². The van der Waals surface area contributed by atoms with Crippen molar-refractivity contribution in [3.63, 3.8) is 0 Å². The number of carbonyl (C=O) groups excluding carboxylic acids is 2. The van der Waals surface area contributed by atoms with E-state index in [2.05, 4.69) is 5.32 Å². The quantitative estimate of drug-likeness (QED) is 0.670. The maximum absolute atomic E-state index is 13.0. The van der Waals surface area contributed by atoms with Crippen LogP contribution in [0, 0.1) is 5.82 Å². The number of benzene rings is 2. The zero-order chi connectivity index (χ0) is 22.2. The third-order valence-corrected chi connectivity index (χ3v) is 5.52. The first-order valence-corrected chi connectivity index (χ1v) is 10.6. The second kappa shape index (κ2) is 11.0. The molecule has 1 aliphatic heterocycles. The molecule has 1 fully saturated rings. The van der Waals surface area contributed by atoms with E-state index < -0.39 is 5.82 Å². The van der Waals surface area contributed by atoms with Gasteiger partial charge in [0, 0.05) is 24.7 Å². The number of nitrogens with zero attached hydrogens (tertiary/aromatic N) is 1. The fourth-order valence-electron chi connectivity index (χ4n) is 3.54. The van der Waals surface area contributed by atoms with Crippen molar-refractivity contribution in [3.8, 4) is 11.5 Å². The van der Waals surface area contributed by atoms with Crippen LogP contribution in [0.5, 0.6) is 11.5 Å². The normalized spacial score (nSPS) is 14.2. The number of halogens is 2. The van der Waals surface area contributed by atoms with Crippen LogP contribution in [0.2, 0.25) is 5.02 Å². The maximum Gasteiger partial charge on any atom is 0.227 e. The lowest BCUT2D eigenvalue weighted by Gasteiger charge is -2.32. The van der Waals surface area contributed by atoms with Crippen molar-refractivity contribution in [1.29, 1.82) is 0 Å². The van der Waals surface area contributed by atoms with Crippen LogP contribution >= 0.6 is 11.6 Å². The Hall–Kier alpha value is -2.80. The summed E-state index contributed by atoms with van der Waals surface area (Å²) in [6.07, 6.45) is 1.87. The lowest BCUT2D eigenvalue weighted by Crippen LogP contribution is -2.47. The molecule has 1 aliphatic rings. The molecule has 0 aromatic heterocycles. The Morgan fingerprint density at radius 2 is 1.90 bits per heavy atom. The Bertz CT molecular complexity index is 916. The first-order chi connectivity index (χ1) is 15.0. The first kappa shape index (κ1) is 22.9. The summed E-state index contributed by atoms with van der Waals surface area (Å²) in [5.41, 5.74) is 0.867. The van der Waals surface area contributed by atoms with Gasteiger partial charge in [0.05, 0.1) is 31.6 Å². The Morgan fingerprint density at radius 3 is 2.61 bits per heavy atom. The highest BCUT2D eigenvalue weighted by atomic mass is 35.5. The summed E-state index contributed by atoms with van der Waals surface area (Å²) in [5, 5.41) is 3.16. The van der Waals surface area contributed by atoms with Crippen molar-refractivity contribution < 1.29 is 23.5 Å². The lowest BCUT2D eigenvalue weighted by molar-refractivity contribution is -0.131. The van der Waals surface area contributed by atoms with E-state index >= 15 is 0 Å². The summed E-state index contributed by atoms with van der Waals surface area (Å²) < 4.78 is 23.8. The van der Waals surface area contributed by atoms with Crippen LogP contribution in [-0.2, 0) is 16.0 Å². The SMILES string of the molecule is COc1ccccc1CC(=O)N1CCC(NC(=O)CCOc2ccc(F)cc2Cl)CC1. The number of carbonyl (C=O) groups is 2. The van der Waals surface area contributed by atoms with Gasteiger partial charge in [-0.2, -0.15) is 0 Å². The number of para-hydroxylation sites is 1. The third-order valence-electron chi connectivity index (χ3n) is 5.23. The largest absolute Gasteiger partial charge is 0.496 e. The number of piperidine rings is 1. The molecular weight excluding hydrogens is 423 g/mol. The van der Waals surface area contributed by atoms with E-state index in [1.165, 1.54) is 18.2 Å². The van der Waals surface area contributed by atoms with Gasteiger partial charge in [-0.1, -0.05) is 29.8 Å². The molecule has 6 nitrogen and oxygen atoms in total. The summed E-state index contributed by atoms with van der Waals surface area (Å²) in [6.45, 7) is 1.34. The van der Waals surface area contributed by atoms with Gasteiger partial charge in [0.1, 0.15) is 17.3 Å². The minimum Gasteiger partial charge on any atom is -0.496 e. The predicted molar refractivity (Wildman–Crippen MR) is 116 cm³/mol. The van der Waals surface area contributed by atoms with E-state index in [4.69, 9.17) is 21.1 Å². The van der Waals surface area contributed by atoms with Crippen LogP contribution < -0.4 is 14.8 Å². The molecule has 0 bridgehead atoms. The van der Waals surface area contributed by atoms with Gasteiger partial charge in [0.2, 0.25) is 11.8 Å².